The minimum absolute atomic E-state index is 0.109. The molecular formula is C15H20N2O2. The molecule has 1 aromatic heterocycles. The Hall–Kier alpha value is -1.36. The predicted octanol–water partition coefficient (Wildman–Crippen LogP) is 1.45. The number of hydrogen-bond acceptors (Lipinski definition) is 3. The van der Waals surface area contributed by atoms with Gasteiger partial charge in [0.25, 0.3) is 0 Å². The molecule has 2 N–H and O–H groups in total. The lowest BCUT2D eigenvalue weighted by Gasteiger charge is -2.45. The largest absolute Gasteiger partial charge is 0.396 e. The standard InChI is InChI=1S/C15H20N2O2/c1-16-14(15(8-18)9-19-10-15)12-7-17(2)13-6-4-3-5-11(12)13/h3-7,14,16,18H,8-10H2,1-2H3. The van der Waals surface area contributed by atoms with Crippen molar-refractivity contribution < 1.29 is 9.84 Å². The molecule has 0 amide bonds. The van der Waals surface area contributed by atoms with Crippen LogP contribution in [-0.2, 0) is 11.8 Å². The molecule has 1 atom stereocenters. The van der Waals surface area contributed by atoms with Crippen molar-refractivity contribution >= 4 is 10.9 Å². The van der Waals surface area contributed by atoms with Gasteiger partial charge in [-0.25, -0.2) is 0 Å². The van der Waals surface area contributed by atoms with Gasteiger partial charge in [0.1, 0.15) is 0 Å². The van der Waals surface area contributed by atoms with Gasteiger partial charge in [-0.1, -0.05) is 18.2 Å². The van der Waals surface area contributed by atoms with Gasteiger partial charge in [0, 0.05) is 30.2 Å². The number of hydrogen-bond donors (Lipinski definition) is 2. The quantitative estimate of drug-likeness (QED) is 0.874. The third-order valence-corrected chi connectivity index (χ3v) is 4.23. The maximum absolute atomic E-state index is 9.75. The van der Waals surface area contributed by atoms with Crippen LogP contribution >= 0.6 is 0 Å². The van der Waals surface area contributed by atoms with Crippen molar-refractivity contribution in [3.63, 3.8) is 0 Å². The molecule has 1 aliphatic rings. The zero-order valence-electron chi connectivity index (χ0n) is 11.4. The van der Waals surface area contributed by atoms with Crippen LogP contribution in [0.25, 0.3) is 10.9 Å². The monoisotopic (exact) mass is 260 g/mol. The van der Waals surface area contributed by atoms with Gasteiger partial charge in [-0.15, -0.1) is 0 Å². The fourth-order valence-corrected chi connectivity index (χ4v) is 3.11. The van der Waals surface area contributed by atoms with E-state index in [9.17, 15) is 5.11 Å². The summed E-state index contributed by atoms with van der Waals surface area (Å²) < 4.78 is 7.48. The van der Waals surface area contributed by atoms with Crippen LogP contribution in [0.3, 0.4) is 0 Å². The minimum Gasteiger partial charge on any atom is -0.396 e. The Morgan fingerprint density at radius 2 is 2.16 bits per heavy atom. The van der Waals surface area contributed by atoms with Crippen LogP contribution in [0.4, 0.5) is 0 Å². The van der Waals surface area contributed by atoms with E-state index in [0.29, 0.717) is 13.2 Å². The third-order valence-electron chi connectivity index (χ3n) is 4.23. The summed E-state index contributed by atoms with van der Waals surface area (Å²) >= 11 is 0. The maximum atomic E-state index is 9.75. The molecule has 1 aromatic carbocycles. The van der Waals surface area contributed by atoms with Gasteiger partial charge in [-0.2, -0.15) is 0 Å². The smallest absolute Gasteiger partial charge is 0.0597 e. The number of aliphatic hydroxyl groups is 1. The van der Waals surface area contributed by atoms with E-state index in [1.807, 2.05) is 7.05 Å². The second-order valence-corrected chi connectivity index (χ2v) is 5.45. The number of nitrogens with one attached hydrogen (secondary N) is 1. The van der Waals surface area contributed by atoms with Gasteiger partial charge in [0.2, 0.25) is 0 Å². The van der Waals surface area contributed by atoms with E-state index in [1.165, 1.54) is 16.5 Å². The number of aryl methyl sites for hydroxylation is 1. The fourth-order valence-electron chi connectivity index (χ4n) is 3.11. The maximum Gasteiger partial charge on any atom is 0.0597 e. The van der Waals surface area contributed by atoms with Crippen LogP contribution in [0, 0.1) is 5.41 Å². The molecule has 2 heterocycles. The first-order chi connectivity index (χ1) is 9.22. The van der Waals surface area contributed by atoms with Gasteiger partial charge in [0.15, 0.2) is 0 Å². The summed E-state index contributed by atoms with van der Waals surface area (Å²) in [7, 11) is 4.00. The molecule has 2 aromatic rings. The highest BCUT2D eigenvalue weighted by Crippen LogP contribution is 2.42. The van der Waals surface area contributed by atoms with Crippen LogP contribution in [0.5, 0.6) is 0 Å². The van der Waals surface area contributed by atoms with Crippen molar-refractivity contribution in [2.24, 2.45) is 12.5 Å². The highest BCUT2D eigenvalue weighted by molar-refractivity contribution is 5.84. The molecule has 1 saturated heterocycles. The Morgan fingerprint density at radius 1 is 1.42 bits per heavy atom. The van der Waals surface area contributed by atoms with Crippen LogP contribution in [-0.4, -0.2) is 36.5 Å². The number of para-hydroxylation sites is 1. The molecule has 4 heteroatoms. The molecular weight excluding hydrogens is 240 g/mol. The second-order valence-electron chi connectivity index (χ2n) is 5.45. The van der Waals surface area contributed by atoms with Gasteiger partial charge in [-0.05, 0) is 18.7 Å². The number of aliphatic hydroxyl groups excluding tert-OH is 1. The zero-order valence-corrected chi connectivity index (χ0v) is 11.4. The molecule has 1 fully saturated rings. The van der Waals surface area contributed by atoms with E-state index in [2.05, 4.69) is 47.4 Å². The van der Waals surface area contributed by atoms with Gasteiger partial charge in [0.05, 0.1) is 25.2 Å². The summed E-state index contributed by atoms with van der Waals surface area (Å²) in [6.07, 6.45) is 2.15. The zero-order chi connectivity index (χ0) is 13.5. The molecule has 0 radical (unpaired) electrons. The SMILES string of the molecule is CNC(c1cn(C)c2ccccc12)C1(CO)COC1. The van der Waals surface area contributed by atoms with Crippen LogP contribution < -0.4 is 5.32 Å². The molecule has 19 heavy (non-hydrogen) atoms. The Morgan fingerprint density at radius 3 is 2.74 bits per heavy atom. The summed E-state index contributed by atoms with van der Waals surface area (Å²) in [5, 5.41) is 14.4. The molecule has 0 aliphatic carbocycles. The van der Waals surface area contributed by atoms with E-state index in [-0.39, 0.29) is 18.1 Å². The predicted molar refractivity (Wildman–Crippen MR) is 75.1 cm³/mol. The average molecular weight is 260 g/mol. The van der Waals surface area contributed by atoms with Crippen molar-refractivity contribution in [3.8, 4) is 0 Å². The summed E-state index contributed by atoms with van der Waals surface area (Å²) in [6.45, 7) is 1.36. The molecule has 0 spiro atoms. The van der Waals surface area contributed by atoms with E-state index in [1.54, 1.807) is 0 Å². The number of benzene rings is 1. The van der Waals surface area contributed by atoms with Crippen molar-refractivity contribution in [2.75, 3.05) is 26.9 Å². The number of fused-ring (bicyclic) bond motifs is 1. The summed E-state index contributed by atoms with van der Waals surface area (Å²) in [6, 6.07) is 8.47. The second kappa shape index (κ2) is 4.63. The molecule has 0 saturated carbocycles. The number of rotatable bonds is 4. The average Bonchev–Trinajstić information content (AvgIpc) is 2.72. The minimum atomic E-state index is -0.196. The molecule has 102 valence electrons. The number of aromatic nitrogens is 1. The highest BCUT2D eigenvalue weighted by Gasteiger charge is 2.46. The molecule has 1 aliphatic heterocycles. The normalized spacial score (nSPS) is 19.3. The lowest BCUT2D eigenvalue weighted by molar-refractivity contribution is -0.155. The van der Waals surface area contributed by atoms with E-state index >= 15 is 0 Å². The first-order valence-electron chi connectivity index (χ1n) is 6.62. The first kappa shape index (κ1) is 12.7. The fraction of sp³-hybridized carbons (Fsp3) is 0.467. The molecule has 4 nitrogen and oxygen atoms in total. The topological polar surface area (TPSA) is 46.4 Å². The Balaban J connectivity index is 2.11. The Labute approximate surface area is 113 Å². The number of nitrogens with zero attached hydrogens (tertiary/aromatic N) is 1. The lowest BCUT2D eigenvalue weighted by Crippen LogP contribution is -2.53. The van der Waals surface area contributed by atoms with Crippen molar-refractivity contribution in [3.05, 3.63) is 36.0 Å². The summed E-state index contributed by atoms with van der Waals surface area (Å²) in [5.74, 6) is 0. The van der Waals surface area contributed by atoms with E-state index in [4.69, 9.17) is 4.74 Å². The molecule has 3 rings (SSSR count). The third kappa shape index (κ3) is 1.79. The van der Waals surface area contributed by atoms with Gasteiger partial charge in [-0.3, -0.25) is 0 Å². The molecule has 1 unspecified atom stereocenters. The van der Waals surface area contributed by atoms with E-state index in [0.717, 1.165) is 0 Å². The molecule has 0 bridgehead atoms. The Bertz CT molecular complexity index is 581. The highest BCUT2D eigenvalue weighted by atomic mass is 16.5. The van der Waals surface area contributed by atoms with Crippen molar-refractivity contribution in [1.82, 2.24) is 9.88 Å². The van der Waals surface area contributed by atoms with Crippen molar-refractivity contribution in [1.29, 1.82) is 0 Å². The van der Waals surface area contributed by atoms with Gasteiger partial charge >= 0.3 is 0 Å². The van der Waals surface area contributed by atoms with Crippen LogP contribution in [0.2, 0.25) is 0 Å². The van der Waals surface area contributed by atoms with E-state index < -0.39 is 0 Å². The number of ether oxygens (including phenoxy) is 1. The van der Waals surface area contributed by atoms with Crippen LogP contribution in [0.15, 0.2) is 30.5 Å². The van der Waals surface area contributed by atoms with Crippen LogP contribution in [0.1, 0.15) is 11.6 Å². The summed E-state index contributed by atoms with van der Waals surface area (Å²) in [4.78, 5) is 0. The van der Waals surface area contributed by atoms with Crippen molar-refractivity contribution in [2.45, 2.75) is 6.04 Å². The Kier molecular flexibility index (Phi) is 3.09. The first-order valence-corrected chi connectivity index (χ1v) is 6.62. The summed E-state index contributed by atoms with van der Waals surface area (Å²) in [5.41, 5.74) is 2.25. The van der Waals surface area contributed by atoms with Gasteiger partial charge < -0.3 is 19.7 Å². The lowest BCUT2D eigenvalue weighted by atomic mass is 9.76.